The Labute approximate surface area is 176 Å². The summed E-state index contributed by atoms with van der Waals surface area (Å²) in [5.41, 5.74) is 7.25. The van der Waals surface area contributed by atoms with E-state index in [-0.39, 0.29) is 24.3 Å². The molecule has 0 aromatic carbocycles. The van der Waals surface area contributed by atoms with Crippen LogP contribution in [-0.2, 0) is 14.2 Å². The number of fused-ring (bicyclic) bond motifs is 2. The average Bonchev–Trinajstić information content (AvgIpc) is 3.49. The molecule has 0 spiro atoms. The molecular weight excluding hydrogens is 408 g/mol. The predicted octanol–water partition coefficient (Wildman–Crippen LogP) is -0.636. The van der Waals surface area contributed by atoms with E-state index < -0.39 is 30.3 Å². The molecule has 0 saturated carbocycles. The van der Waals surface area contributed by atoms with Crippen molar-refractivity contribution in [2.75, 3.05) is 19.4 Å². The van der Waals surface area contributed by atoms with Gasteiger partial charge in [-0.2, -0.15) is 15.1 Å². The Morgan fingerprint density at radius 2 is 2.10 bits per heavy atom. The Balaban J connectivity index is 1.56. The maximum atomic E-state index is 11.8. The summed E-state index contributed by atoms with van der Waals surface area (Å²) in [4.78, 5) is 25.0. The van der Waals surface area contributed by atoms with E-state index in [1.165, 1.54) is 30.5 Å². The van der Waals surface area contributed by atoms with E-state index in [2.05, 4.69) is 25.4 Å². The van der Waals surface area contributed by atoms with Crippen LogP contribution < -0.4 is 11.1 Å². The fraction of sp³-hybridized carbons (Fsp3) is 0.500. The molecule has 1 amide bonds. The zero-order valence-electron chi connectivity index (χ0n) is 17.1. The summed E-state index contributed by atoms with van der Waals surface area (Å²) in [6, 6.07) is 0. The van der Waals surface area contributed by atoms with E-state index in [0.717, 1.165) is 0 Å². The van der Waals surface area contributed by atoms with Crippen molar-refractivity contribution in [3.63, 3.8) is 0 Å². The molecule has 4 atom stereocenters. The molecule has 2 aliphatic rings. The number of nitrogens with two attached hydrogens (primary N) is 1. The van der Waals surface area contributed by atoms with E-state index in [1.54, 1.807) is 4.57 Å². The van der Waals surface area contributed by atoms with Crippen LogP contribution >= 0.6 is 0 Å². The van der Waals surface area contributed by atoms with Crippen molar-refractivity contribution in [3.05, 3.63) is 24.3 Å². The van der Waals surface area contributed by atoms with Crippen molar-refractivity contribution in [2.45, 2.75) is 44.2 Å². The minimum atomic E-state index is -0.814. The molecule has 13 heteroatoms. The minimum absolute atomic E-state index is 0.146. The minimum Gasteiger partial charge on any atom is -0.394 e. The zero-order valence-corrected chi connectivity index (χ0v) is 17.1. The fourth-order valence-corrected chi connectivity index (χ4v) is 3.94. The second kappa shape index (κ2) is 6.95. The summed E-state index contributed by atoms with van der Waals surface area (Å²) in [5, 5.41) is 16.4. The second-order valence-corrected chi connectivity index (χ2v) is 7.80. The lowest BCUT2D eigenvalue weighted by molar-refractivity contribution is -0.199. The monoisotopic (exact) mass is 430 g/mol. The van der Waals surface area contributed by atoms with Crippen LogP contribution in [0.1, 0.15) is 30.4 Å². The number of imidazole rings is 1. The predicted molar refractivity (Wildman–Crippen MR) is 105 cm³/mol. The first kappa shape index (κ1) is 19.8. The second-order valence-electron chi connectivity index (χ2n) is 7.80. The van der Waals surface area contributed by atoms with Crippen LogP contribution in [0.2, 0.25) is 0 Å². The van der Waals surface area contributed by atoms with Gasteiger partial charge in [0.25, 0.3) is 11.9 Å². The van der Waals surface area contributed by atoms with Crippen LogP contribution in [0.3, 0.4) is 0 Å². The highest BCUT2D eigenvalue weighted by Crippen LogP contribution is 2.43. The van der Waals surface area contributed by atoms with Crippen molar-refractivity contribution < 1.29 is 24.1 Å². The number of nitrogen functional groups attached to an aromatic ring is 1. The van der Waals surface area contributed by atoms with Gasteiger partial charge in [0, 0.05) is 13.2 Å². The summed E-state index contributed by atoms with van der Waals surface area (Å²) in [6.07, 6.45) is 2.32. The summed E-state index contributed by atoms with van der Waals surface area (Å²) in [5.74, 6) is -0.787. The molecule has 3 aromatic rings. The number of aromatic nitrogens is 6. The maximum Gasteiger partial charge on any atom is 0.254 e. The van der Waals surface area contributed by atoms with Crippen molar-refractivity contribution >= 4 is 22.9 Å². The number of nitrogens with zero attached hydrogens (tertiary/aromatic N) is 6. The third kappa shape index (κ3) is 3.13. The number of anilines is 1. The Hall–Kier alpha value is -3.13. The number of carbonyl (C=O) groups is 1. The number of aliphatic hydroxyl groups is 1. The normalized spacial score (nSPS) is 27.0. The Morgan fingerprint density at radius 1 is 1.32 bits per heavy atom. The van der Waals surface area contributed by atoms with Gasteiger partial charge in [-0.1, -0.05) is 0 Å². The smallest absolute Gasteiger partial charge is 0.254 e. The maximum absolute atomic E-state index is 11.8. The molecule has 31 heavy (non-hydrogen) atoms. The zero-order chi connectivity index (χ0) is 21.9. The number of amides is 1. The molecule has 5 rings (SSSR count). The molecule has 3 aromatic heterocycles. The van der Waals surface area contributed by atoms with Gasteiger partial charge in [-0.3, -0.25) is 9.36 Å². The molecule has 164 valence electrons. The SMILES string of the molecule is CNC(=O)c1cnn(-c2nc(N)c3ncn([C@@H]4O[C@H](CO)[C@@H]5OC(C)(C)OC54)c3n2)c1. The third-order valence-corrected chi connectivity index (χ3v) is 5.29. The number of nitrogens with one attached hydrogen (secondary N) is 1. The van der Waals surface area contributed by atoms with E-state index in [1.807, 2.05) is 13.8 Å². The third-order valence-electron chi connectivity index (χ3n) is 5.29. The number of hydrogen-bond acceptors (Lipinski definition) is 10. The number of aliphatic hydroxyl groups excluding tert-OH is 1. The Kier molecular flexibility index (Phi) is 4.44. The highest BCUT2D eigenvalue weighted by molar-refractivity contribution is 5.93. The molecule has 0 radical (unpaired) electrons. The molecule has 4 N–H and O–H groups in total. The molecule has 2 fully saturated rings. The van der Waals surface area contributed by atoms with Gasteiger partial charge in [0.2, 0.25) is 0 Å². The number of rotatable bonds is 4. The van der Waals surface area contributed by atoms with Gasteiger partial charge < -0.3 is 30.4 Å². The van der Waals surface area contributed by atoms with Gasteiger partial charge in [-0.15, -0.1) is 0 Å². The lowest BCUT2D eigenvalue weighted by Crippen LogP contribution is -2.31. The van der Waals surface area contributed by atoms with Crippen LogP contribution in [0.4, 0.5) is 5.82 Å². The highest BCUT2D eigenvalue weighted by Gasteiger charge is 2.56. The molecule has 1 unspecified atom stereocenters. The lowest BCUT2D eigenvalue weighted by atomic mass is 10.1. The van der Waals surface area contributed by atoms with Crippen molar-refractivity contribution in [3.8, 4) is 5.95 Å². The average molecular weight is 430 g/mol. The first-order valence-electron chi connectivity index (χ1n) is 9.70. The van der Waals surface area contributed by atoms with Crippen molar-refractivity contribution in [1.82, 2.24) is 34.6 Å². The molecule has 2 aliphatic heterocycles. The van der Waals surface area contributed by atoms with Crippen molar-refractivity contribution in [2.24, 2.45) is 0 Å². The summed E-state index contributed by atoms with van der Waals surface area (Å²) in [7, 11) is 1.53. The van der Waals surface area contributed by atoms with Gasteiger partial charge in [-0.05, 0) is 13.8 Å². The Bertz CT molecular complexity index is 1160. The Morgan fingerprint density at radius 3 is 2.84 bits per heavy atom. The van der Waals surface area contributed by atoms with E-state index in [9.17, 15) is 9.90 Å². The number of carbonyl (C=O) groups excluding carboxylic acids is 1. The molecule has 13 nitrogen and oxygen atoms in total. The van der Waals surface area contributed by atoms with Gasteiger partial charge >= 0.3 is 0 Å². The van der Waals surface area contributed by atoms with E-state index >= 15 is 0 Å². The fourth-order valence-electron chi connectivity index (χ4n) is 3.94. The number of ether oxygens (including phenoxy) is 3. The topological polar surface area (TPSA) is 164 Å². The van der Waals surface area contributed by atoms with Crippen molar-refractivity contribution in [1.29, 1.82) is 0 Å². The van der Waals surface area contributed by atoms with E-state index in [0.29, 0.717) is 16.7 Å². The molecule has 0 aliphatic carbocycles. The van der Waals surface area contributed by atoms with Gasteiger partial charge in [0.15, 0.2) is 23.5 Å². The van der Waals surface area contributed by atoms with Crippen LogP contribution in [0, 0.1) is 0 Å². The van der Waals surface area contributed by atoms with Gasteiger partial charge in [0.05, 0.1) is 24.7 Å². The highest BCUT2D eigenvalue weighted by atomic mass is 16.8. The van der Waals surface area contributed by atoms with E-state index in [4.69, 9.17) is 19.9 Å². The molecule has 2 saturated heterocycles. The summed E-state index contributed by atoms with van der Waals surface area (Å²) >= 11 is 0. The summed E-state index contributed by atoms with van der Waals surface area (Å²) < 4.78 is 21.0. The van der Waals surface area contributed by atoms with Gasteiger partial charge in [0.1, 0.15) is 23.8 Å². The largest absolute Gasteiger partial charge is 0.394 e. The standard InChI is InChI=1S/C18H22N8O5/c1-18(2)30-11-9(6-27)29-16(12(11)31-18)25-7-21-10-13(19)23-17(24-14(10)25)26-5-8(4-22-26)15(28)20-3/h4-5,7,9,11-12,16,27H,6H2,1-3H3,(H,20,28)(H2,19,23,24)/t9-,11+,12?,16-/m1/s1. The van der Waals surface area contributed by atoms with Crippen LogP contribution in [0.5, 0.6) is 0 Å². The quantitative estimate of drug-likeness (QED) is 0.485. The number of hydrogen-bond donors (Lipinski definition) is 3. The lowest BCUT2D eigenvalue weighted by Gasteiger charge is -2.24. The van der Waals surface area contributed by atoms with Crippen LogP contribution in [0.25, 0.3) is 17.1 Å². The first-order chi connectivity index (χ1) is 14.8. The molecular formula is C18H22N8O5. The molecule has 5 heterocycles. The van der Waals surface area contributed by atoms with Crippen LogP contribution in [0.15, 0.2) is 18.7 Å². The van der Waals surface area contributed by atoms with Crippen LogP contribution in [-0.4, -0.2) is 78.1 Å². The summed E-state index contributed by atoms with van der Waals surface area (Å²) in [6.45, 7) is 3.40. The van der Waals surface area contributed by atoms with Gasteiger partial charge in [-0.25, -0.2) is 9.67 Å². The molecule has 0 bridgehead atoms. The first-order valence-corrected chi connectivity index (χ1v) is 9.70.